The molecule has 12 heavy (non-hydrogen) atoms. The van der Waals surface area contributed by atoms with Crippen molar-refractivity contribution in [3.8, 4) is 0 Å². The lowest BCUT2D eigenvalue weighted by Crippen LogP contribution is -2.36. The van der Waals surface area contributed by atoms with Gasteiger partial charge < -0.3 is 5.32 Å². The Labute approximate surface area is 76.9 Å². The second-order valence-corrected chi connectivity index (χ2v) is 4.99. The van der Waals surface area contributed by atoms with Gasteiger partial charge in [0.25, 0.3) is 0 Å². The van der Waals surface area contributed by atoms with E-state index in [1.165, 1.54) is 25.7 Å². The molecule has 72 valence electrons. The lowest BCUT2D eigenvalue weighted by molar-refractivity contribution is 0.333. The first kappa shape index (κ1) is 10.0. The normalized spacial score (nSPS) is 21.0. The zero-order valence-corrected chi connectivity index (χ0v) is 8.98. The van der Waals surface area contributed by atoms with Gasteiger partial charge in [-0.25, -0.2) is 0 Å². The summed E-state index contributed by atoms with van der Waals surface area (Å²) in [6.07, 6.45) is 5.67. The highest BCUT2D eigenvalue weighted by atomic mass is 14.9. The minimum absolute atomic E-state index is 0.336. The highest BCUT2D eigenvalue weighted by molar-refractivity contribution is 4.82. The van der Waals surface area contributed by atoms with Crippen LogP contribution in [-0.4, -0.2) is 12.6 Å². The molecule has 0 saturated heterocycles. The Bertz CT molecular complexity index is 136. The molecule has 1 saturated carbocycles. The van der Waals surface area contributed by atoms with Crippen molar-refractivity contribution in [2.75, 3.05) is 7.05 Å². The zero-order chi connectivity index (χ0) is 9.19. The van der Waals surface area contributed by atoms with Crippen LogP contribution in [0.2, 0.25) is 0 Å². The maximum Gasteiger partial charge on any atom is 0.0122 e. The van der Waals surface area contributed by atoms with Gasteiger partial charge in [0.05, 0.1) is 0 Å². The summed E-state index contributed by atoms with van der Waals surface area (Å²) in [5, 5.41) is 3.36. The van der Waals surface area contributed by atoms with E-state index in [0.717, 1.165) is 11.8 Å². The van der Waals surface area contributed by atoms with E-state index >= 15 is 0 Å². The van der Waals surface area contributed by atoms with Gasteiger partial charge in [-0.3, -0.25) is 0 Å². The lowest BCUT2D eigenvalue weighted by Gasteiger charge is -2.25. The summed E-state index contributed by atoms with van der Waals surface area (Å²) >= 11 is 0. The van der Waals surface area contributed by atoms with Crippen LogP contribution in [-0.2, 0) is 0 Å². The zero-order valence-electron chi connectivity index (χ0n) is 8.98. The van der Waals surface area contributed by atoms with Crippen LogP contribution >= 0.6 is 0 Å². The first-order chi connectivity index (χ1) is 5.55. The predicted octanol–water partition coefficient (Wildman–Crippen LogP) is 2.81. The van der Waals surface area contributed by atoms with Crippen molar-refractivity contribution in [2.24, 2.45) is 11.8 Å². The third-order valence-corrected chi connectivity index (χ3v) is 3.33. The fourth-order valence-corrected chi connectivity index (χ4v) is 1.61. The summed E-state index contributed by atoms with van der Waals surface area (Å²) in [5.74, 6) is 2.02. The Morgan fingerprint density at radius 2 is 2.00 bits per heavy atom. The van der Waals surface area contributed by atoms with Crippen LogP contribution in [0.4, 0.5) is 0 Å². The molecule has 0 aromatic heterocycles. The van der Waals surface area contributed by atoms with E-state index in [-0.39, 0.29) is 0 Å². The van der Waals surface area contributed by atoms with Gasteiger partial charge in [0.2, 0.25) is 0 Å². The molecular formula is C11H23N. The van der Waals surface area contributed by atoms with Gasteiger partial charge in [-0.05, 0) is 58.4 Å². The van der Waals surface area contributed by atoms with Gasteiger partial charge in [-0.2, -0.15) is 0 Å². The fourth-order valence-electron chi connectivity index (χ4n) is 1.61. The first-order valence-electron chi connectivity index (χ1n) is 5.24. The van der Waals surface area contributed by atoms with Crippen molar-refractivity contribution >= 4 is 0 Å². The second kappa shape index (κ2) is 3.78. The number of rotatable bonds is 5. The Kier molecular flexibility index (Phi) is 3.16. The van der Waals surface area contributed by atoms with E-state index in [4.69, 9.17) is 0 Å². The molecule has 1 aliphatic carbocycles. The molecule has 1 fully saturated rings. The summed E-state index contributed by atoms with van der Waals surface area (Å²) in [5.41, 5.74) is 0.336. The monoisotopic (exact) mass is 169 g/mol. The molecule has 0 spiro atoms. The third-order valence-electron chi connectivity index (χ3n) is 3.33. The topological polar surface area (TPSA) is 12.0 Å². The van der Waals surface area contributed by atoms with Crippen LogP contribution in [0.25, 0.3) is 0 Å². The molecule has 1 nitrogen and oxygen atoms in total. The molecule has 1 N–H and O–H groups in total. The van der Waals surface area contributed by atoms with Crippen LogP contribution in [0.1, 0.15) is 46.5 Å². The minimum Gasteiger partial charge on any atom is -0.315 e. The van der Waals surface area contributed by atoms with Crippen LogP contribution in [0.3, 0.4) is 0 Å². The highest BCUT2D eigenvalue weighted by Crippen LogP contribution is 2.39. The van der Waals surface area contributed by atoms with E-state index in [2.05, 4.69) is 33.1 Å². The van der Waals surface area contributed by atoms with Gasteiger partial charge >= 0.3 is 0 Å². The smallest absolute Gasteiger partial charge is 0.0122 e. The van der Waals surface area contributed by atoms with Crippen molar-refractivity contribution in [2.45, 2.75) is 52.0 Å². The van der Waals surface area contributed by atoms with Crippen molar-refractivity contribution in [3.63, 3.8) is 0 Å². The largest absolute Gasteiger partial charge is 0.315 e. The first-order valence-corrected chi connectivity index (χ1v) is 5.24. The Morgan fingerprint density at radius 1 is 1.42 bits per heavy atom. The lowest BCUT2D eigenvalue weighted by atomic mass is 9.91. The van der Waals surface area contributed by atoms with E-state index in [1.807, 2.05) is 0 Å². The quantitative estimate of drug-likeness (QED) is 0.667. The van der Waals surface area contributed by atoms with Crippen molar-refractivity contribution < 1.29 is 0 Å². The molecule has 1 unspecified atom stereocenters. The summed E-state index contributed by atoms with van der Waals surface area (Å²) < 4.78 is 0. The van der Waals surface area contributed by atoms with Gasteiger partial charge in [-0.1, -0.05) is 6.92 Å². The molecule has 0 amide bonds. The summed E-state index contributed by atoms with van der Waals surface area (Å²) in [6.45, 7) is 6.97. The number of hydrogen-bond donors (Lipinski definition) is 1. The van der Waals surface area contributed by atoms with Gasteiger partial charge in [-0.15, -0.1) is 0 Å². The van der Waals surface area contributed by atoms with Crippen molar-refractivity contribution in [1.29, 1.82) is 0 Å². The molecule has 0 bridgehead atoms. The van der Waals surface area contributed by atoms with E-state index < -0.39 is 0 Å². The molecule has 0 radical (unpaired) electrons. The standard InChI is InChI=1S/C11H23N/c1-9(10-5-6-10)7-8-11(2,3)12-4/h9-10,12H,5-8H2,1-4H3. The van der Waals surface area contributed by atoms with E-state index in [0.29, 0.717) is 5.54 Å². The highest BCUT2D eigenvalue weighted by Gasteiger charge is 2.28. The molecule has 0 aromatic rings. The Hall–Kier alpha value is -0.0400. The number of hydrogen-bond acceptors (Lipinski definition) is 1. The average Bonchev–Trinajstić information content (AvgIpc) is 2.83. The second-order valence-electron chi connectivity index (χ2n) is 4.99. The Balaban J connectivity index is 2.14. The number of nitrogens with one attached hydrogen (secondary N) is 1. The maximum atomic E-state index is 3.36. The van der Waals surface area contributed by atoms with Gasteiger partial charge in [0.1, 0.15) is 0 Å². The SMILES string of the molecule is CNC(C)(C)CCC(C)C1CC1. The van der Waals surface area contributed by atoms with E-state index in [9.17, 15) is 0 Å². The average molecular weight is 169 g/mol. The Morgan fingerprint density at radius 3 is 2.42 bits per heavy atom. The molecule has 0 aliphatic heterocycles. The molecule has 1 aliphatic rings. The summed E-state index contributed by atoms with van der Waals surface area (Å²) in [6, 6.07) is 0. The van der Waals surface area contributed by atoms with Crippen LogP contribution in [0, 0.1) is 11.8 Å². The van der Waals surface area contributed by atoms with Gasteiger partial charge in [0.15, 0.2) is 0 Å². The van der Waals surface area contributed by atoms with Gasteiger partial charge in [0, 0.05) is 5.54 Å². The molecule has 0 heterocycles. The summed E-state index contributed by atoms with van der Waals surface area (Å²) in [4.78, 5) is 0. The van der Waals surface area contributed by atoms with E-state index in [1.54, 1.807) is 0 Å². The van der Waals surface area contributed by atoms with Crippen molar-refractivity contribution in [3.05, 3.63) is 0 Å². The summed E-state index contributed by atoms with van der Waals surface area (Å²) in [7, 11) is 2.06. The maximum absolute atomic E-state index is 3.36. The molecule has 1 atom stereocenters. The van der Waals surface area contributed by atoms with Crippen LogP contribution < -0.4 is 5.32 Å². The van der Waals surface area contributed by atoms with Crippen molar-refractivity contribution in [1.82, 2.24) is 5.32 Å². The molecule has 0 aromatic carbocycles. The molecule has 1 rings (SSSR count). The third kappa shape index (κ3) is 3.14. The fraction of sp³-hybridized carbons (Fsp3) is 1.00. The van der Waals surface area contributed by atoms with Crippen LogP contribution in [0.5, 0.6) is 0 Å². The molecule has 1 heteroatoms. The van der Waals surface area contributed by atoms with Crippen LogP contribution in [0.15, 0.2) is 0 Å². The minimum atomic E-state index is 0.336. The molecular weight excluding hydrogens is 146 g/mol. The predicted molar refractivity (Wildman–Crippen MR) is 54.3 cm³/mol.